The predicted molar refractivity (Wildman–Crippen MR) is 83.3 cm³/mol. The largest absolute Gasteiger partial charge is 0.379 e. The van der Waals surface area contributed by atoms with E-state index < -0.39 is 0 Å². The van der Waals surface area contributed by atoms with E-state index in [2.05, 4.69) is 26.7 Å². The number of ether oxygens (including phenoxy) is 1. The van der Waals surface area contributed by atoms with Gasteiger partial charge >= 0.3 is 0 Å². The molecule has 0 spiro atoms. The van der Waals surface area contributed by atoms with Crippen LogP contribution in [0.4, 0.5) is 0 Å². The van der Waals surface area contributed by atoms with Gasteiger partial charge in [-0.15, -0.1) is 0 Å². The normalized spacial score (nSPS) is 27.9. The highest BCUT2D eigenvalue weighted by atomic mass is 16.5. The maximum Gasteiger partial charge on any atom is 0.0948 e. The van der Waals surface area contributed by atoms with Gasteiger partial charge in [0.25, 0.3) is 0 Å². The van der Waals surface area contributed by atoms with Crippen LogP contribution in [0, 0.1) is 0 Å². The zero-order valence-electron chi connectivity index (χ0n) is 13.1. The van der Waals surface area contributed by atoms with Crippen LogP contribution in [0.3, 0.4) is 0 Å². The van der Waals surface area contributed by atoms with Gasteiger partial charge in [-0.05, 0) is 32.6 Å². The zero-order valence-corrected chi connectivity index (χ0v) is 13.1. The number of nitrogens with one attached hydrogen (secondary N) is 1. The van der Waals surface area contributed by atoms with E-state index in [0.29, 0.717) is 12.1 Å². The summed E-state index contributed by atoms with van der Waals surface area (Å²) in [6.45, 7) is 8.46. The quantitative estimate of drug-likeness (QED) is 0.899. The van der Waals surface area contributed by atoms with Crippen molar-refractivity contribution in [1.82, 2.24) is 19.8 Å². The van der Waals surface area contributed by atoms with Crippen molar-refractivity contribution in [2.45, 2.75) is 51.2 Å². The second-order valence-corrected chi connectivity index (χ2v) is 6.37. The van der Waals surface area contributed by atoms with Crippen LogP contribution < -0.4 is 5.32 Å². The van der Waals surface area contributed by atoms with Crippen LogP contribution >= 0.6 is 0 Å². The molecule has 2 aliphatic rings. The Hall–Kier alpha value is -0.910. The molecule has 118 valence electrons. The lowest BCUT2D eigenvalue weighted by Gasteiger charge is -2.30. The third kappa shape index (κ3) is 4.05. The number of aromatic nitrogens is 2. The lowest BCUT2D eigenvalue weighted by atomic mass is 9.97. The molecule has 5 heteroatoms. The van der Waals surface area contributed by atoms with Crippen molar-refractivity contribution in [2.24, 2.45) is 0 Å². The Morgan fingerprint density at radius 2 is 2.14 bits per heavy atom. The van der Waals surface area contributed by atoms with Crippen molar-refractivity contribution < 1.29 is 4.74 Å². The summed E-state index contributed by atoms with van der Waals surface area (Å²) in [5.74, 6) is 0. The second-order valence-electron chi connectivity index (χ2n) is 6.37. The number of morpholine rings is 1. The van der Waals surface area contributed by atoms with Gasteiger partial charge in [0.2, 0.25) is 0 Å². The van der Waals surface area contributed by atoms with Crippen molar-refractivity contribution in [2.75, 3.05) is 32.8 Å². The Kier molecular flexibility index (Phi) is 5.27. The first-order valence-corrected chi connectivity index (χ1v) is 8.39. The van der Waals surface area contributed by atoms with Crippen LogP contribution in [-0.4, -0.2) is 53.3 Å². The highest BCUT2D eigenvalue weighted by Crippen LogP contribution is 2.25. The summed E-state index contributed by atoms with van der Waals surface area (Å²) >= 11 is 0. The third-order valence-electron chi connectivity index (χ3n) is 4.69. The van der Waals surface area contributed by atoms with Gasteiger partial charge in [-0.1, -0.05) is 0 Å². The third-order valence-corrected chi connectivity index (χ3v) is 4.69. The first-order chi connectivity index (χ1) is 10.3. The highest BCUT2D eigenvalue weighted by molar-refractivity contribution is 5.07. The van der Waals surface area contributed by atoms with Gasteiger partial charge in [0.15, 0.2) is 0 Å². The molecule has 0 aromatic carbocycles. The molecule has 1 aromatic heterocycles. The fourth-order valence-corrected chi connectivity index (χ4v) is 3.47. The number of rotatable bonds is 5. The van der Waals surface area contributed by atoms with Gasteiger partial charge in [0, 0.05) is 44.5 Å². The van der Waals surface area contributed by atoms with E-state index in [9.17, 15) is 0 Å². The number of hydrogen-bond acceptors (Lipinski definition) is 4. The van der Waals surface area contributed by atoms with Crippen molar-refractivity contribution >= 4 is 0 Å². The first kappa shape index (κ1) is 15.0. The lowest BCUT2D eigenvalue weighted by molar-refractivity contribution is 0.0369. The molecule has 0 aliphatic carbocycles. The van der Waals surface area contributed by atoms with Crippen LogP contribution in [0.15, 0.2) is 12.5 Å². The van der Waals surface area contributed by atoms with Crippen LogP contribution in [0.1, 0.15) is 44.3 Å². The molecule has 2 unspecified atom stereocenters. The van der Waals surface area contributed by atoms with Gasteiger partial charge < -0.3 is 14.6 Å². The maximum atomic E-state index is 5.40. The lowest BCUT2D eigenvalue weighted by Crippen LogP contribution is -2.37. The van der Waals surface area contributed by atoms with Crippen molar-refractivity contribution in [3.8, 4) is 0 Å². The van der Waals surface area contributed by atoms with Crippen LogP contribution in [0.25, 0.3) is 0 Å². The molecule has 1 N–H and O–H groups in total. The molecule has 3 rings (SSSR count). The molecular formula is C16H28N4O. The summed E-state index contributed by atoms with van der Waals surface area (Å²) in [6, 6.07) is 1.11. The van der Waals surface area contributed by atoms with E-state index in [4.69, 9.17) is 4.74 Å². The Bertz CT molecular complexity index is 428. The minimum atomic E-state index is 0.486. The van der Waals surface area contributed by atoms with E-state index in [-0.39, 0.29) is 0 Å². The molecule has 1 aromatic rings. The van der Waals surface area contributed by atoms with Crippen molar-refractivity contribution in [3.63, 3.8) is 0 Å². The Balaban J connectivity index is 1.50. The molecule has 0 amide bonds. The number of hydrogen-bond donors (Lipinski definition) is 1. The van der Waals surface area contributed by atoms with Crippen molar-refractivity contribution in [3.05, 3.63) is 18.2 Å². The standard InChI is InChI=1S/C16H28N4O/c1-14-4-2-5-15(18-14)16-12-17-13-20(16)7-3-6-19-8-10-21-11-9-19/h12-15,18H,2-11H2,1H3. The van der Waals surface area contributed by atoms with Gasteiger partial charge in [0.1, 0.15) is 0 Å². The molecule has 3 heterocycles. The highest BCUT2D eigenvalue weighted by Gasteiger charge is 2.22. The summed E-state index contributed by atoms with van der Waals surface area (Å²) in [4.78, 5) is 6.88. The SMILES string of the molecule is CC1CCCC(c2cncn2CCCN2CCOCC2)N1. The molecular weight excluding hydrogens is 264 g/mol. The average Bonchev–Trinajstić information content (AvgIpc) is 2.97. The summed E-state index contributed by atoms with van der Waals surface area (Å²) in [7, 11) is 0. The van der Waals surface area contributed by atoms with E-state index in [1.807, 2.05) is 12.5 Å². The maximum absolute atomic E-state index is 5.40. The molecule has 2 saturated heterocycles. The minimum absolute atomic E-state index is 0.486. The Morgan fingerprint density at radius 3 is 2.95 bits per heavy atom. The zero-order chi connectivity index (χ0) is 14.5. The van der Waals surface area contributed by atoms with Gasteiger partial charge in [0.05, 0.1) is 25.2 Å². The number of imidazole rings is 1. The van der Waals surface area contributed by atoms with E-state index in [1.54, 1.807) is 0 Å². The molecule has 2 fully saturated rings. The second kappa shape index (κ2) is 7.38. The fraction of sp³-hybridized carbons (Fsp3) is 0.812. The van der Waals surface area contributed by atoms with Gasteiger partial charge in [-0.2, -0.15) is 0 Å². The van der Waals surface area contributed by atoms with Crippen molar-refractivity contribution in [1.29, 1.82) is 0 Å². The summed E-state index contributed by atoms with van der Waals surface area (Å²) < 4.78 is 7.74. The van der Waals surface area contributed by atoms with E-state index >= 15 is 0 Å². The summed E-state index contributed by atoms with van der Waals surface area (Å²) in [6.07, 6.45) is 9.07. The fourth-order valence-electron chi connectivity index (χ4n) is 3.47. The van der Waals surface area contributed by atoms with Gasteiger partial charge in [-0.25, -0.2) is 4.98 Å². The van der Waals surface area contributed by atoms with Gasteiger partial charge in [-0.3, -0.25) is 4.90 Å². The van der Waals surface area contributed by atoms with Crippen LogP contribution in [0.2, 0.25) is 0 Å². The first-order valence-electron chi connectivity index (χ1n) is 8.39. The average molecular weight is 292 g/mol. The smallest absolute Gasteiger partial charge is 0.0948 e. The topological polar surface area (TPSA) is 42.3 Å². The van der Waals surface area contributed by atoms with E-state index in [1.165, 1.54) is 31.4 Å². The number of nitrogens with zero attached hydrogens (tertiary/aromatic N) is 3. The molecule has 2 aliphatic heterocycles. The van der Waals surface area contributed by atoms with Crippen LogP contribution in [0.5, 0.6) is 0 Å². The van der Waals surface area contributed by atoms with E-state index in [0.717, 1.165) is 39.4 Å². The molecule has 21 heavy (non-hydrogen) atoms. The van der Waals surface area contributed by atoms with Crippen LogP contribution in [-0.2, 0) is 11.3 Å². The minimum Gasteiger partial charge on any atom is -0.379 e. The molecule has 5 nitrogen and oxygen atoms in total. The molecule has 2 atom stereocenters. The molecule has 0 saturated carbocycles. The number of piperidine rings is 1. The molecule has 0 radical (unpaired) electrons. The monoisotopic (exact) mass is 292 g/mol. The number of aryl methyl sites for hydroxylation is 1. The predicted octanol–water partition coefficient (Wildman–Crippen LogP) is 1.81. The Labute approximate surface area is 127 Å². The summed E-state index contributed by atoms with van der Waals surface area (Å²) in [5, 5.41) is 3.71. The summed E-state index contributed by atoms with van der Waals surface area (Å²) in [5.41, 5.74) is 1.36. The molecule has 0 bridgehead atoms. The Morgan fingerprint density at radius 1 is 1.29 bits per heavy atom.